The summed E-state index contributed by atoms with van der Waals surface area (Å²) in [5, 5.41) is 9.97. The predicted octanol–water partition coefficient (Wildman–Crippen LogP) is 3.63. The molecule has 1 atom stereocenters. The number of ether oxygens (including phenoxy) is 2. The SMILES string of the molecule is O=c1ccn(-c2ccc3c(c2)OC(F)(F)O3)nc1C1CC=NN1c1ccccc1F. The fourth-order valence-corrected chi connectivity index (χ4v) is 3.39. The van der Waals surface area contributed by atoms with Crippen molar-refractivity contribution in [3.63, 3.8) is 0 Å². The number of para-hydroxylation sites is 1. The van der Waals surface area contributed by atoms with E-state index in [1.54, 1.807) is 24.4 Å². The number of hydrazone groups is 1. The maximum atomic E-state index is 14.3. The highest BCUT2D eigenvalue weighted by molar-refractivity contribution is 5.67. The Morgan fingerprint density at radius 2 is 1.87 bits per heavy atom. The molecular weight excluding hydrogens is 401 g/mol. The average molecular weight is 414 g/mol. The van der Waals surface area contributed by atoms with Gasteiger partial charge < -0.3 is 9.47 Å². The maximum absolute atomic E-state index is 14.3. The Hall–Kier alpha value is -3.82. The van der Waals surface area contributed by atoms with Crippen LogP contribution in [0.15, 0.2) is 64.6 Å². The van der Waals surface area contributed by atoms with Gasteiger partial charge in [-0.15, -0.1) is 8.78 Å². The summed E-state index contributed by atoms with van der Waals surface area (Å²) in [5.74, 6) is -0.717. The predicted molar refractivity (Wildman–Crippen MR) is 101 cm³/mol. The molecule has 3 heterocycles. The van der Waals surface area contributed by atoms with Gasteiger partial charge in [0.2, 0.25) is 5.43 Å². The molecule has 1 unspecified atom stereocenters. The van der Waals surface area contributed by atoms with Crippen molar-refractivity contribution >= 4 is 11.9 Å². The van der Waals surface area contributed by atoms with Crippen LogP contribution in [0.1, 0.15) is 18.2 Å². The van der Waals surface area contributed by atoms with E-state index in [-0.39, 0.29) is 28.3 Å². The number of rotatable bonds is 3. The summed E-state index contributed by atoms with van der Waals surface area (Å²) in [7, 11) is 0. The lowest BCUT2D eigenvalue weighted by molar-refractivity contribution is -0.286. The molecule has 0 N–H and O–H groups in total. The number of anilines is 1. The lowest BCUT2D eigenvalue weighted by Crippen LogP contribution is -2.28. The van der Waals surface area contributed by atoms with E-state index in [0.717, 1.165) is 0 Å². The Morgan fingerprint density at radius 1 is 1.07 bits per heavy atom. The number of alkyl halides is 2. The maximum Gasteiger partial charge on any atom is 0.586 e. The molecule has 0 fully saturated rings. The molecule has 1 aromatic heterocycles. The molecule has 5 rings (SSSR count). The van der Waals surface area contributed by atoms with Gasteiger partial charge in [-0.25, -0.2) is 9.07 Å². The Balaban J connectivity index is 1.52. The molecular formula is C20H13F3N4O3. The van der Waals surface area contributed by atoms with Gasteiger partial charge in [0.05, 0.1) is 11.4 Å². The lowest BCUT2D eigenvalue weighted by atomic mass is 10.1. The smallest absolute Gasteiger partial charge is 0.395 e. The number of hydrogen-bond donors (Lipinski definition) is 0. The van der Waals surface area contributed by atoms with Gasteiger partial charge in [0.15, 0.2) is 11.5 Å². The van der Waals surface area contributed by atoms with Gasteiger partial charge in [0, 0.05) is 31.0 Å². The third-order valence-corrected chi connectivity index (χ3v) is 4.73. The van der Waals surface area contributed by atoms with Crippen LogP contribution in [0, 0.1) is 5.82 Å². The third kappa shape index (κ3) is 3.06. The second-order valence-electron chi connectivity index (χ2n) is 6.65. The van der Waals surface area contributed by atoms with Crippen molar-refractivity contribution in [3.05, 3.63) is 76.5 Å². The van der Waals surface area contributed by atoms with Gasteiger partial charge in [-0.1, -0.05) is 12.1 Å². The molecule has 2 aromatic carbocycles. The van der Waals surface area contributed by atoms with Crippen LogP contribution >= 0.6 is 0 Å². The molecule has 10 heteroatoms. The van der Waals surface area contributed by atoms with Crippen LogP contribution in [0.2, 0.25) is 0 Å². The van der Waals surface area contributed by atoms with Crippen molar-refractivity contribution in [1.82, 2.24) is 9.78 Å². The first kappa shape index (κ1) is 18.2. The summed E-state index contributed by atoms with van der Waals surface area (Å²) in [5.41, 5.74) is 0.391. The van der Waals surface area contributed by atoms with Gasteiger partial charge in [-0.05, 0) is 24.3 Å². The molecule has 0 amide bonds. The highest BCUT2D eigenvalue weighted by Gasteiger charge is 2.43. The molecule has 152 valence electrons. The van der Waals surface area contributed by atoms with Crippen molar-refractivity contribution in [1.29, 1.82) is 0 Å². The summed E-state index contributed by atoms with van der Waals surface area (Å²) in [6.07, 6.45) is -0.387. The number of aromatic nitrogens is 2. The fourth-order valence-electron chi connectivity index (χ4n) is 3.39. The zero-order valence-corrected chi connectivity index (χ0v) is 15.2. The fraction of sp³-hybridized carbons (Fsp3) is 0.150. The van der Waals surface area contributed by atoms with Gasteiger partial charge in [-0.3, -0.25) is 9.80 Å². The second kappa shape index (κ2) is 6.61. The van der Waals surface area contributed by atoms with Gasteiger partial charge in [-0.2, -0.15) is 10.2 Å². The van der Waals surface area contributed by atoms with Crippen molar-refractivity contribution < 1.29 is 22.6 Å². The third-order valence-electron chi connectivity index (χ3n) is 4.73. The summed E-state index contributed by atoms with van der Waals surface area (Å²) in [6, 6.07) is 11.0. The normalized spacial score (nSPS) is 18.8. The average Bonchev–Trinajstić information content (AvgIpc) is 3.31. The van der Waals surface area contributed by atoms with E-state index >= 15 is 0 Å². The topological polar surface area (TPSA) is 69.0 Å². The number of nitrogens with zero attached hydrogens (tertiary/aromatic N) is 4. The Kier molecular flexibility index (Phi) is 4.02. The number of benzene rings is 2. The van der Waals surface area contributed by atoms with Crippen LogP contribution in [-0.2, 0) is 0 Å². The number of hydrogen-bond acceptors (Lipinski definition) is 6. The zero-order valence-electron chi connectivity index (χ0n) is 15.2. The molecule has 3 aromatic rings. The first-order valence-corrected chi connectivity index (χ1v) is 8.98. The Morgan fingerprint density at radius 3 is 2.70 bits per heavy atom. The standard InChI is InChI=1S/C20H13F3N4O3/c21-13-3-1-2-4-14(13)27-15(7-9-24-27)19-16(28)8-10-26(25-19)12-5-6-17-18(11-12)30-20(22,23)29-17/h1-6,8-11,15H,7H2. The van der Waals surface area contributed by atoms with Crippen LogP contribution in [0.4, 0.5) is 18.9 Å². The van der Waals surface area contributed by atoms with Crippen LogP contribution < -0.4 is 19.9 Å². The minimum atomic E-state index is -3.73. The molecule has 0 saturated carbocycles. The van der Waals surface area contributed by atoms with Crippen LogP contribution in [0.25, 0.3) is 5.69 Å². The first-order chi connectivity index (χ1) is 14.4. The molecule has 0 radical (unpaired) electrons. The quantitative estimate of drug-likeness (QED) is 0.655. The highest BCUT2D eigenvalue weighted by atomic mass is 19.3. The van der Waals surface area contributed by atoms with E-state index in [1.165, 1.54) is 46.2 Å². The second-order valence-corrected chi connectivity index (χ2v) is 6.65. The number of halogens is 3. The Bertz CT molecular complexity index is 1230. The van der Waals surface area contributed by atoms with E-state index in [0.29, 0.717) is 12.1 Å². The molecule has 30 heavy (non-hydrogen) atoms. The summed E-state index contributed by atoms with van der Waals surface area (Å²) < 4.78 is 51.0. The monoisotopic (exact) mass is 414 g/mol. The molecule has 0 aliphatic carbocycles. The van der Waals surface area contributed by atoms with E-state index in [1.807, 2.05) is 0 Å². The highest BCUT2D eigenvalue weighted by Crippen LogP contribution is 2.41. The van der Waals surface area contributed by atoms with Crippen LogP contribution in [0.5, 0.6) is 11.5 Å². The number of fused-ring (bicyclic) bond motifs is 1. The summed E-state index contributed by atoms with van der Waals surface area (Å²) >= 11 is 0. The van der Waals surface area contributed by atoms with Crippen LogP contribution in [0.3, 0.4) is 0 Å². The minimum absolute atomic E-state index is 0.0973. The molecule has 7 nitrogen and oxygen atoms in total. The zero-order chi connectivity index (χ0) is 20.9. The first-order valence-electron chi connectivity index (χ1n) is 8.98. The molecule has 0 bridgehead atoms. The van der Waals surface area contributed by atoms with Gasteiger partial charge in [0.25, 0.3) is 0 Å². The summed E-state index contributed by atoms with van der Waals surface area (Å²) in [4.78, 5) is 12.5. The molecule has 0 spiro atoms. The van der Waals surface area contributed by atoms with Crippen molar-refractivity contribution in [2.24, 2.45) is 5.10 Å². The molecule has 2 aliphatic rings. The van der Waals surface area contributed by atoms with Gasteiger partial charge in [0.1, 0.15) is 17.6 Å². The van der Waals surface area contributed by atoms with Crippen molar-refractivity contribution in [3.8, 4) is 17.2 Å². The lowest BCUT2D eigenvalue weighted by Gasteiger charge is -2.23. The van der Waals surface area contributed by atoms with Crippen molar-refractivity contribution in [2.75, 3.05) is 5.01 Å². The van der Waals surface area contributed by atoms with E-state index in [2.05, 4.69) is 19.7 Å². The molecule has 2 aliphatic heterocycles. The van der Waals surface area contributed by atoms with Crippen molar-refractivity contribution in [2.45, 2.75) is 18.8 Å². The van der Waals surface area contributed by atoms with Crippen LogP contribution in [-0.4, -0.2) is 22.3 Å². The van der Waals surface area contributed by atoms with Gasteiger partial charge >= 0.3 is 6.29 Å². The summed E-state index contributed by atoms with van der Waals surface area (Å²) in [6.45, 7) is 0. The molecule has 0 saturated heterocycles. The largest absolute Gasteiger partial charge is 0.586 e. The van der Waals surface area contributed by atoms with E-state index in [4.69, 9.17) is 0 Å². The van der Waals surface area contributed by atoms with E-state index in [9.17, 15) is 18.0 Å². The van der Waals surface area contributed by atoms with E-state index < -0.39 is 18.2 Å². The Labute approximate surface area is 167 Å². The minimum Gasteiger partial charge on any atom is -0.395 e.